The second kappa shape index (κ2) is 5.60. The van der Waals surface area contributed by atoms with Gasteiger partial charge in [-0.1, -0.05) is 35.9 Å². The molecule has 0 radical (unpaired) electrons. The number of fused-ring (bicyclic) bond motifs is 1. The Kier molecular flexibility index (Phi) is 3.65. The number of benzene rings is 2. The molecule has 0 saturated carbocycles. The van der Waals surface area contributed by atoms with Crippen molar-refractivity contribution in [2.45, 2.75) is 26.2 Å². The maximum absolute atomic E-state index is 12.3. The van der Waals surface area contributed by atoms with E-state index in [2.05, 4.69) is 35.8 Å². The summed E-state index contributed by atoms with van der Waals surface area (Å²) in [4.78, 5) is 12.3. The molecular weight excluding hydrogens is 260 g/mol. The maximum atomic E-state index is 12.3. The highest BCUT2D eigenvalue weighted by Gasteiger charge is 2.24. The monoisotopic (exact) mass is 280 g/mol. The van der Waals surface area contributed by atoms with Crippen molar-refractivity contribution in [3.8, 4) is 0 Å². The van der Waals surface area contributed by atoms with Crippen molar-refractivity contribution in [2.24, 2.45) is 0 Å². The molecular formula is C18H20N2O. The molecule has 2 aromatic carbocycles. The normalized spacial score (nSPS) is 16.2. The Morgan fingerprint density at radius 1 is 1.24 bits per heavy atom. The minimum Gasteiger partial charge on any atom is -0.384 e. The first-order chi connectivity index (χ1) is 10.1. The highest BCUT2D eigenvalue weighted by molar-refractivity contribution is 5.92. The second-order valence-corrected chi connectivity index (χ2v) is 5.74. The molecule has 1 aliphatic heterocycles. The van der Waals surface area contributed by atoms with Crippen LogP contribution in [-0.2, 0) is 4.79 Å². The molecule has 108 valence electrons. The van der Waals surface area contributed by atoms with Crippen LogP contribution in [-0.4, -0.2) is 12.5 Å². The number of carbonyl (C=O) groups is 1. The van der Waals surface area contributed by atoms with Crippen molar-refractivity contribution in [2.75, 3.05) is 17.2 Å². The van der Waals surface area contributed by atoms with Gasteiger partial charge in [-0.05, 0) is 37.1 Å². The molecule has 3 heteroatoms. The quantitative estimate of drug-likeness (QED) is 0.897. The molecule has 3 rings (SSSR count). The smallest absolute Gasteiger partial charge is 0.225 e. The number of carbonyl (C=O) groups excluding carboxylic acids is 1. The topological polar surface area (TPSA) is 41.1 Å². The fourth-order valence-electron chi connectivity index (χ4n) is 2.92. The van der Waals surface area contributed by atoms with Crippen LogP contribution in [0.3, 0.4) is 0 Å². The maximum Gasteiger partial charge on any atom is 0.225 e. The van der Waals surface area contributed by atoms with Gasteiger partial charge in [0.1, 0.15) is 0 Å². The lowest BCUT2D eigenvalue weighted by atomic mass is 9.97. The third-order valence-corrected chi connectivity index (χ3v) is 4.03. The number of nitrogens with one attached hydrogen (secondary N) is 2. The molecule has 0 aliphatic carbocycles. The lowest BCUT2D eigenvalue weighted by Gasteiger charge is -2.12. The van der Waals surface area contributed by atoms with Crippen LogP contribution in [0, 0.1) is 13.8 Å². The highest BCUT2D eigenvalue weighted by Crippen LogP contribution is 2.33. The number of rotatable bonds is 3. The van der Waals surface area contributed by atoms with E-state index in [1.54, 1.807) is 0 Å². The van der Waals surface area contributed by atoms with Crippen LogP contribution in [0.1, 0.15) is 29.0 Å². The van der Waals surface area contributed by atoms with Crippen LogP contribution >= 0.6 is 0 Å². The van der Waals surface area contributed by atoms with Gasteiger partial charge >= 0.3 is 0 Å². The average Bonchev–Trinajstić information content (AvgIpc) is 2.85. The number of hydrogen-bond acceptors (Lipinski definition) is 2. The van der Waals surface area contributed by atoms with Gasteiger partial charge in [-0.15, -0.1) is 0 Å². The van der Waals surface area contributed by atoms with E-state index in [1.165, 1.54) is 11.1 Å². The van der Waals surface area contributed by atoms with Gasteiger partial charge in [0.05, 0.1) is 0 Å². The van der Waals surface area contributed by atoms with Crippen molar-refractivity contribution in [3.05, 3.63) is 59.2 Å². The van der Waals surface area contributed by atoms with E-state index < -0.39 is 0 Å². The molecule has 1 atom stereocenters. The predicted octanol–water partition coefficient (Wildman–Crippen LogP) is 3.84. The Hall–Kier alpha value is -2.29. The van der Waals surface area contributed by atoms with Gasteiger partial charge in [0, 0.05) is 30.3 Å². The van der Waals surface area contributed by atoms with Crippen molar-refractivity contribution in [1.29, 1.82) is 0 Å². The zero-order valence-corrected chi connectivity index (χ0v) is 12.4. The lowest BCUT2D eigenvalue weighted by molar-refractivity contribution is -0.116. The van der Waals surface area contributed by atoms with Gasteiger partial charge in [-0.2, -0.15) is 0 Å². The molecule has 0 fully saturated rings. The first-order valence-electron chi connectivity index (χ1n) is 7.33. The van der Waals surface area contributed by atoms with Gasteiger partial charge < -0.3 is 10.6 Å². The standard InChI is InChI=1S/C18H20N2O/c1-12-7-8-16(13(2)9-12)20-18(21)10-14-11-19-17-6-4-3-5-15(14)17/h3-9,14,19H,10-11H2,1-2H3,(H,20,21). The summed E-state index contributed by atoms with van der Waals surface area (Å²) >= 11 is 0. The molecule has 3 nitrogen and oxygen atoms in total. The number of amides is 1. The lowest BCUT2D eigenvalue weighted by Crippen LogP contribution is -2.17. The molecule has 0 bridgehead atoms. The molecule has 1 heterocycles. The van der Waals surface area contributed by atoms with Crippen LogP contribution < -0.4 is 10.6 Å². The summed E-state index contributed by atoms with van der Waals surface area (Å²) in [6, 6.07) is 14.3. The fraction of sp³-hybridized carbons (Fsp3) is 0.278. The van der Waals surface area contributed by atoms with Crippen molar-refractivity contribution < 1.29 is 4.79 Å². The van der Waals surface area contributed by atoms with E-state index in [1.807, 2.05) is 31.2 Å². The SMILES string of the molecule is Cc1ccc(NC(=O)CC2CNc3ccccc32)c(C)c1. The van der Waals surface area contributed by atoms with Crippen LogP contribution in [0.4, 0.5) is 11.4 Å². The summed E-state index contributed by atoms with van der Waals surface area (Å²) in [7, 11) is 0. The molecule has 0 spiro atoms. The number of para-hydroxylation sites is 1. The Bertz CT molecular complexity index is 679. The van der Waals surface area contributed by atoms with E-state index in [0.29, 0.717) is 6.42 Å². The molecule has 0 saturated heterocycles. The summed E-state index contributed by atoms with van der Waals surface area (Å²) < 4.78 is 0. The Morgan fingerprint density at radius 2 is 2.05 bits per heavy atom. The Labute approximate surface area is 125 Å². The van der Waals surface area contributed by atoms with Crippen molar-refractivity contribution >= 4 is 17.3 Å². The summed E-state index contributed by atoms with van der Waals surface area (Å²) in [5, 5.41) is 6.39. The molecule has 2 N–H and O–H groups in total. The molecule has 2 aromatic rings. The van der Waals surface area contributed by atoms with Gasteiger partial charge in [0.25, 0.3) is 0 Å². The number of aryl methyl sites for hydroxylation is 2. The zero-order chi connectivity index (χ0) is 14.8. The minimum absolute atomic E-state index is 0.0745. The Balaban J connectivity index is 1.68. The van der Waals surface area contributed by atoms with Crippen LogP contribution in [0.2, 0.25) is 0 Å². The molecule has 1 aliphatic rings. The van der Waals surface area contributed by atoms with Gasteiger partial charge in [-0.25, -0.2) is 0 Å². The first kappa shape index (κ1) is 13.7. The first-order valence-corrected chi connectivity index (χ1v) is 7.33. The third kappa shape index (κ3) is 2.92. The fourth-order valence-corrected chi connectivity index (χ4v) is 2.92. The largest absolute Gasteiger partial charge is 0.384 e. The molecule has 21 heavy (non-hydrogen) atoms. The van der Waals surface area contributed by atoms with Gasteiger partial charge in [0.15, 0.2) is 0 Å². The molecule has 1 unspecified atom stereocenters. The van der Waals surface area contributed by atoms with E-state index >= 15 is 0 Å². The van der Waals surface area contributed by atoms with Crippen LogP contribution in [0.5, 0.6) is 0 Å². The molecule has 1 amide bonds. The van der Waals surface area contributed by atoms with Crippen molar-refractivity contribution in [1.82, 2.24) is 0 Å². The third-order valence-electron chi connectivity index (χ3n) is 4.03. The van der Waals surface area contributed by atoms with Crippen LogP contribution in [0.15, 0.2) is 42.5 Å². The van der Waals surface area contributed by atoms with Gasteiger partial charge in [0.2, 0.25) is 5.91 Å². The van der Waals surface area contributed by atoms with E-state index in [9.17, 15) is 4.79 Å². The number of anilines is 2. The van der Waals surface area contributed by atoms with Crippen molar-refractivity contribution in [3.63, 3.8) is 0 Å². The highest BCUT2D eigenvalue weighted by atomic mass is 16.1. The van der Waals surface area contributed by atoms with Gasteiger partial charge in [-0.3, -0.25) is 4.79 Å². The predicted molar refractivity (Wildman–Crippen MR) is 86.8 cm³/mol. The average molecular weight is 280 g/mol. The molecule has 0 aromatic heterocycles. The summed E-state index contributed by atoms with van der Waals surface area (Å²) in [6.07, 6.45) is 0.511. The summed E-state index contributed by atoms with van der Waals surface area (Å²) in [5.74, 6) is 0.331. The summed E-state index contributed by atoms with van der Waals surface area (Å²) in [5.41, 5.74) is 5.62. The Morgan fingerprint density at radius 3 is 2.86 bits per heavy atom. The van der Waals surface area contributed by atoms with E-state index in [4.69, 9.17) is 0 Å². The van der Waals surface area contributed by atoms with Crippen LogP contribution in [0.25, 0.3) is 0 Å². The second-order valence-electron chi connectivity index (χ2n) is 5.74. The van der Waals surface area contributed by atoms with E-state index in [-0.39, 0.29) is 11.8 Å². The minimum atomic E-state index is 0.0745. The van der Waals surface area contributed by atoms with E-state index in [0.717, 1.165) is 23.5 Å². The zero-order valence-electron chi connectivity index (χ0n) is 12.4. The number of hydrogen-bond donors (Lipinski definition) is 2. The summed E-state index contributed by atoms with van der Waals surface area (Å²) in [6.45, 7) is 4.91.